The van der Waals surface area contributed by atoms with E-state index in [0.29, 0.717) is 5.54 Å². The van der Waals surface area contributed by atoms with E-state index in [1.807, 2.05) is 0 Å². The van der Waals surface area contributed by atoms with Crippen LogP contribution in [0.5, 0.6) is 0 Å². The molecular weight excluding hydrogens is 134 g/mol. The zero-order valence-electron chi connectivity index (χ0n) is 8.65. The average Bonchev–Trinajstić information content (AvgIpc) is 2.05. The Balaban J connectivity index is 2.81. The normalized spacial score (nSPS) is 34.1. The molecule has 0 saturated carbocycles. The van der Waals surface area contributed by atoms with Crippen LogP contribution in [0, 0.1) is 0 Å². The van der Waals surface area contributed by atoms with Crippen molar-refractivity contribution in [3.63, 3.8) is 0 Å². The third kappa shape index (κ3) is 1.20. The van der Waals surface area contributed by atoms with Crippen molar-refractivity contribution in [3.8, 4) is 0 Å². The largest absolute Gasteiger partial charge is 0.322 e. The van der Waals surface area contributed by atoms with Crippen LogP contribution in [0.15, 0.2) is 0 Å². The molecular formula is C10H22N+. The van der Waals surface area contributed by atoms with Gasteiger partial charge in [-0.3, -0.25) is 0 Å². The van der Waals surface area contributed by atoms with Crippen LogP contribution in [0.2, 0.25) is 0 Å². The maximum Gasteiger partial charge on any atom is 0.0935 e. The summed E-state index contributed by atoms with van der Waals surface area (Å²) < 4.78 is 1.21. The lowest BCUT2D eigenvalue weighted by Crippen LogP contribution is -2.55. The lowest BCUT2D eigenvalue weighted by atomic mass is 10.0. The van der Waals surface area contributed by atoms with E-state index >= 15 is 0 Å². The van der Waals surface area contributed by atoms with Gasteiger partial charge in [0.2, 0.25) is 0 Å². The second-order valence-electron chi connectivity index (χ2n) is 4.95. The summed E-state index contributed by atoms with van der Waals surface area (Å²) in [6, 6.07) is 0.894. The summed E-state index contributed by atoms with van der Waals surface area (Å²) in [5.74, 6) is 0. The Bertz CT molecular complexity index is 147. The van der Waals surface area contributed by atoms with E-state index in [4.69, 9.17) is 0 Å². The van der Waals surface area contributed by atoms with Crippen molar-refractivity contribution in [1.29, 1.82) is 0 Å². The zero-order chi connectivity index (χ0) is 8.70. The predicted octanol–water partition coefficient (Wildman–Crippen LogP) is 2.41. The van der Waals surface area contributed by atoms with Crippen LogP contribution in [0.3, 0.4) is 0 Å². The standard InChI is InChI=1S/C10H22N/c1-6-9-7-8-10(2,3)11(9,4)5/h9H,6-8H2,1-5H3/q+1. The maximum absolute atomic E-state index is 2.39. The molecule has 1 saturated heterocycles. The summed E-state index contributed by atoms with van der Waals surface area (Å²) in [5.41, 5.74) is 0.501. The Kier molecular flexibility index (Phi) is 2.04. The van der Waals surface area contributed by atoms with Crippen LogP contribution in [-0.2, 0) is 0 Å². The van der Waals surface area contributed by atoms with Crippen molar-refractivity contribution >= 4 is 0 Å². The lowest BCUT2D eigenvalue weighted by Gasteiger charge is -2.42. The first-order valence-electron chi connectivity index (χ1n) is 4.75. The second kappa shape index (κ2) is 2.48. The SMILES string of the molecule is CCC1CCC(C)(C)[N+]1(C)C. The molecule has 0 N–H and O–H groups in total. The van der Waals surface area contributed by atoms with Crippen LogP contribution in [0.25, 0.3) is 0 Å². The molecule has 0 aromatic rings. The average molecular weight is 156 g/mol. The third-order valence-corrected chi connectivity index (χ3v) is 4.03. The maximum atomic E-state index is 2.39. The Hall–Kier alpha value is -0.0400. The molecule has 0 radical (unpaired) electrons. The third-order valence-electron chi connectivity index (χ3n) is 4.03. The fraction of sp³-hybridized carbons (Fsp3) is 1.00. The van der Waals surface area contributed by atoms with Crippen molar-refractivity contribution in [3.05, 3.63) is 0 Å². The molecule has 1 heterocycles. The molecule has 1 nitrogen and oxygen atoms in total. The van der Waals surface area contributed by atoms with Gasteiger partial charge in [-0.2, -0.15) is 0 Å². The van der Waals surface area contributed by atoms with Gasteiger partial charge in [0.15, 0.2) is 0 Å². The van der Waals surface area contributed by atoms with Crippen molar-refractivity contribution < 1.29 is 4.48 Å². The highest BCUT2D eigenvalue weighted by Crippen LogP contribution is 2.38. The van der Waals surface area contributed by atoms with E-state index in [0.717, 1.165) is 6.04 Å². The number of nitrogens with zero attached hydrogens (tertiary/aromatic N) is 1. The zero-order valence-corrected chi connectivity index (χ0v) is 8.65. The van der Waals surface area contributed by atoms with E-state index in [1.165, 1.54) is 23.7 Å². The van der Waals surface area contributed by atoms with Crippen LogP contribution in [0.1, 0.15) is 40.0 Å². The molecule has 0 bridgehead atoms. The molecule has 1 unspecified atom stereocenters. The number of hydrogen-bond acceptors (Lipinski definition) is 0. The lowest BCUT2D eigenvalue weighted by molar-refractivity contribution is -0.946. The minimum atomic E-state index is 0.501. The van der Waals surface area contributed by atoms with Gasteiger partial charge in [-0.25, -0.2) is 0 Å². The highest BCUT2D eigenvalue weighted by atomic mass is 15.4. The van der Waals surface area contributed by atoms with Crippen LogP contribution in [-0.4, -0.2) is 30.2 Å². The minimum Gasteiger partial charge on any atom is -0.322 e. The van der Waals surface area contributed by atoms with Crippen LogP contribution >= 0.6 is 0 Å². The molecule has 1 aliphatic heterocycles. The molecule has 1 atom stereocenters. The fourth-order valence-electron chi connectivity index (χ4n) is 2.29. The van der Waals surface area contributed by atoms with Gasteiger partial charge >= 0.3 is 0 Å². The Morgan fingerprint density at radius 2 is 1.91 bits per heavy atom. The van der Waals surface area contributed by atoms with Crippen LogP contribution in [0.4, 0.5) is 0 Å². The summed E-state index contributed by atoms with van der Waals surface area (Å²) >= 11 is 0. The summed E-state index contributed by atoms with van der Waals surface area (Å²) in [4.78, 5) is 0. The Labute approximate surface area is 71.0 Å². The minimum absolute atomic E-state index is 0.501. The Morgan fingerprint density at radius 3 is 2.09 bits per heavy atom. The monoisotopic (exact) mass is 156 g/mol. The van der Waals surface area contributed by atoms with E-state index in [2.05, 4.69) is 34.9 Å². The van der Waals surface area contributed by atoms with Gasteiger partial charge in [-0.15, -0.1) is 0 Å². The van der Waals surface area contributed by atoms with Gasteiger partial charge < -0.3 is 4.48 Å². The first-order valence-corrected chi connectivity index (χ1v) is 4.75. The number of quaternary nitrogens is 1. The number of likely N-dealkylation sites (tertiary alicyclic amines) is 1. The summed E-state index contributed by atoms with van der Waals surface area (Å²) in [6.45, 7) is 7.09. The molecule has 1 heteroatoms. The summed E-state index contributed by atoms with van der Waals surface area (Å²) in [5, 5.41) is 0. The quantitative estimate of drug-likeness (QED) is 0.511. The molecule has 1 fully saturated rings. The highest BCUT2D eigenvalue weighted by Gasteiger charge is 2.47. The van der Waals surface area contributed by atoms with Gasteiger partial charge in [-0.1, -0.05) is 6.92 Å². The molecule has 1 aliphatic rings. The fourth-order valence-corrected chi connectivity index (χ4v) is 2.29. The van der Waals surface area contributed by atoms with Gasteiger partial charge in [-0.05, 0) is 20.3 Å². The van der Waals surface area contributed by atoms with Crippen molar-refractivity contribution in [2.75, 3.05) is 14.1 Å². The molecule has 0 aromatic heterocycles. The molecule has 0 aromatic carbocycles. The molecule has 11 heavy (non-hydrogen) atoms. The number of hydrogen-bond donors (Lipinski definition) is 0. The van der Waals surface area contributed by atoms with E-state index in [9.17, 15) is 0 Å². The predicted molar refractivity (Wildman–Crippen MR) is 49.5 cm³/mol. The molecule has 1 rings (SSSR count). The highest BCUT2D eigenvalue weighted by molar-refractivity contribution is 4.80. The second-order valence-corrected chi connectivity index (χ2v) is 4.95. The molecule has 0 amide bonds. The first-order chi connectivity index (χ1) is 4.92. The molecule has 66 valence electrons. The van der Waals surface area contributed by atoms with E-state index in [-0.39, 0.29) is 0 Å². The van der Waals surface area contributed by atoms with Gasteiger partial charge in [0, 0.05) is 12.8 Å². The summed E-state index contributed by atoms with van der Waals surface area (Å²) in [7, 11) is 4.75. The van der Waals surface area contributed by atoms with E-state index < -0.39 is 0 Å². The van der Waals surface area contributed by atoms with Gasteiger partial charge in [0.1, 0.15) is 0 Å². The summed E-state index contributed by atoms with van der Waals surface area (Å²) in [6.07, 6.45) is 4.13. The van der Waals surface area contributed by atoms with Crippen molar-refractivity contribution in [1.82, 2.24) is 0 Å². The molecule has 0 aliphatic carbocycles. The van der Waals surface area contributed by atoms with Crippen LogP contribution < -0.4 is 0 Å². The van der Waals surface area contributed by atoms with Crippen molar-refractivity contribution in [2.24, 2.45) is 0 Å². The first kappa shape index (κ1) is 9.05. The topological polar surface area (TPSA) is 0 Å². The van der Waals surface area contributed by atoms with Gasteiger partial charge in [0.05, 0.1) is 25.7 Å². The Morgan fingerprint density at radius 1 is 1.36 bits per heavy atom. The van der Waals surface area contributed by atoms with Gasteiger partial charge in [0.25, 0.3) is 0 Å². The van der Waals surface area contributed by atoms with Crippen molar-refractivity contribution in [2.45, 2.75) is 51.6 Å². The number of rotatable bonds is 1. The molecule has 0 spiro atoms. The smallest absolute Gasteiger partial charge is 0.0935 e. The van der Waals surface area contributed by atoms with E-state index in [1.54, 1.807) is 0 Å².